The second-order valence-corrected chi connectivity index (χ2v) is 17.0. The molecule has 8 aromatic carbocycles. The van der Waals surface area contributed by atoms with E-state index in [-0.39, 0.29) is 10.6 Å². The van der Waals surface area contributed by atoms with E-state index in [2.05, 4.69) is 186 Å². The number of H-pyrrole nitrogens is 2. The summed E-state index contributed by atoms with van der Waals surface area (Å²) >= 11 is 0. The fourth-order valence-electron chi connectivity index (χ4n) is 10.3. The highest BCUT2D eigenvalue weighted by Gasteiger charge is 2.23. The van der Waals surface area contributed by atoms with Gasteiger partial charge in [0.05, 0.1) is 33.1 Å². The third kappa shape index (κ3) is 6.20. The summed E-state index contributed by atoms with van der Waals surface area (Å²) in [6, 6.07) is 64.3. The molecular weight excluding hydrogens is 823 g/mol. The molecule has 0 atom stereocenters. The van der Waals surface area contributed by atoms with E-state index in [1.807, 2.05) is 30.3 Å². The first-order valence-corrected chi connectivity index (χ1v) is 22.3. The third-order valence-corrected chi connectivity index (χ3v) is 13.3. The van der Waals surface area contributed by atoms with Crippen LogP contribution in [0.3, 0.4) is 0 Å². The number of fused-ring (bicyclic) bond motifs is 12. The van der Waals surface area contributed by atoms with Gasteiger partial charge < -0.3 is 9.97 Å². The van der Waals surface area contributed by atoms with Crippen molar-refractivity contribution in [1.82, 2.24) is 19.9 Å². The van der Waals surface area contributed by atoms with Crippen LogP contribution >= 0.6 is 0 Å². The van der Waals surface area contributed by atoms with Gasteiger partial charge in [-0.3, -0.25) is 10.1 Å². The Morgan fingerprint density at radius 3 is 1.01 bits per heavy atom. The Morgan fingerprint density at radius 2 is 0.642 bits per heavy atom. The zero-order chi connectivity index (χ0) is 44.6. The molecule has 2 aliphatic heterocycles. The van der Waals surface area contributed by atoms with Crippen molar-refractivity contribution >= 4 is 95.1 Å². The van der Waals surface area contributed by atoms with Crippen LogP contribution in [-0.4, -0.2) is 24.9 Å². The highest BCUT2D eigenvalue weighted by molar-refractivity contribution is 6.11. The second kappa shape index (κ2) is 15.2. The average molecular weight is 860 g/mol. The minimum Gasteiger partial charge on any atom is -0.354 e. The van der Waals surface area contributed by atoms with Crippen LogP contribution in [0.4, 0.5) is 5.69 Å². The third-order valence-electron chi connectivity index (χ3n) is 13.3. The van der Waals surface area contributed by atoms with E-state index < -0.39 is 0 Å². The molecule has 5 heterocycles. The van der Waals surface area contributed by atoms with Crippen LogP contribution < -0.4 is 0 Å². The maximum absolute atomic E-state index is 12.4. The van der Waals surface area contributed by atoms with Gasteiger partial charge in [-0.25, -0.2) is 9.97 Å². The molecule has 0 saturated heterocycles. The summed E-state index contributed by atoms with van der Waals surface area (Å²) in [7, 11) is 0. The number of hydrogen-bond acceptors (Lipinski definition) is 4. The van der Waals surface area contributed by atoms with Gasteiger partial charge in [-0.15, -0.1) is 0 Å². The van der Waals surface area contributed by atoms with E-state index in [1.165, 1.54) is 0 Å². The van der Waals surface area contributed by atoms with E-state index in [1.54, 1.807) is 6.07 Å². The number of non-ortho nitro benzene ring substituents is 1. The van der Waals surface area contributed by atoms with Crippen molar-refractivity contribution in [3.05, 3.63) is 221 Å². The molecule has 0 saturated carbocycles. The van der Waals surface area contributed by atoms with Crippen LogP contribution in [0.5, 0.6) is 0 Å². The maximum atomic E-state index is 12.4. The summed E-state index contributed by atoms with van der Waals surface area (Å²) in [6.45, 7) is 0. The molecule has 13 rings (SSSR count). The maximum Gasteiger partial charge on any atom is 0.277 e. The number of rotatable bonds is 5. The van der Waals surface area contributed by atoms with Gasteiger partial charge in [-0.05, 0) is 121 Å². The summed E-state index contributed by atoms with van der Waals surface area (Å²) < 4.78 is 0. The molecule has 3 aromatic heterocycles. The molecular formula is C60H37N5O2. The van der Waals surface area contributed by atoms with E-state index in [0.29, 0.717) is 5.39 Å². The Labute approximate surface area is 383 Å². The quantitative estimate of drug-likeness (QED) is 0.133. The van der Waals surface area contributed by atoms with Crippen molar-refractivity contribution < 1.29 is 4.92 Å². The molecule has 67 heavy (non-hydrogen) atoms. The smallest absolute Gasteiger partial charge is 0.277 e. The molecule has 314 valence electrons. The number of aromatic nitrogens is 4. The molecule has 11 aromatic rings. The molecule has 7 nitrogen and oxygen atoms in total. The van der Waals surface area contributed by atoms with Gasteiger partial charge in [0, 0.05) is 50.4 Å². The minimum absolute atomic E-state index is 0.0509. The zero-order valence-electron chi connectivity index (χ0n) is 35.9. The SMILES string of the molecule is O=[N+]([O-])c1ccc(-c2c3nc(c(-c4cccc5ccccc45)c4ccc([nH]4)c(-c4cccc5ccccc45)c4nc(c(-c5cccc6ccccc56)c5ccc2[nH]5)C=C4)C=C3)c2ccccc12. The van der Waals surface area contributed by atoms with Crippen LogP contribution in [-0.2, 0) is 0 Å². The number of hydrogen-bond donors (Lipinski definition) is 2. The molecule has 0 aliphatic carbocycles. The molecule has 0 radical (unpaired) electrons. The lowest BCUT2D eigenvalue weighted by atomic mass is 9.96. The normalized spacial score (nSPS) is 12.2. The minimum atomic E-state index is -0.312. The van der Waals surface area contributed by atoms with Crippen molar-refractivity contribution in [2.45, 2.75) is 0 Å². The summed E-state index contributed by atoms with van der Waals surface area (Å²) in [4.78, 5) is 31.1. The van der Waals surface area contributed by atoms with E-state index >= 15 is 0 Å². The molecule has 0 spiro atoms. The number of nitro groups is 1. The standard InChI is InChI=1S/C60H37N5O2/c66-65(67)56-35-26-47(42-21-7-8-22-43(42)56)60-54-33-31-52(63-54)58(45-24-10-16-37-13-2-5-19-40(37)45)50-29-27-48(61-50)57(44-23-9-15-36-12-1-4-18-39(36)44)49-28-30-51(62-49)59(53-32-34-55(60)64-53)46-25-11-17-38-14-3-6-20-41(38)46/h1-35,61,64H. The first-order chi connectivity index (χ1) is 33.1. The van der Waals surface area contributed by atoms with Gasteiger partial charge >= 0.3 is 0 Å². The lowest BCUT2D eigenvalue weighted by Crippen LogP contribution is -1.93. The predicted molar refractivity (Wildman–Crippen MR) is 277 cm³/mol. The lowest BCUT2D eigenvalue weighted by Gasteiger charge is -2.11. The number of aromatic amines is 2. The average Bonchev–Trinajstić information content (AvgIpc) is 4.23. The summed E-state index contributed by atoms with van der Waals surface area (Å²) in [5.74, 6) is 0. The Morgan fingerprint density at radius 1 is 0.328 bits per heavy atom. The largest absolute Gasteiger partial charge is 0.354 e. The van der Waals surface area contributed by atoms with E-state index in [0.717, 1.165) is 127 Å². The van der Waals surface area contributed by atoms with Crippen molar-refractivity contribution in [3.63, 3.8) is 0 Å². The van der Waals surface area contributed by atoms with Crippen LogP contribution in [0.15, 0.2) is 188 Å². The highest BCUT2D eigenvalue weighted by Crippen LogP contribution is 2.43. The summed E-state index contributed by atoms with van der Waals surface area (Å²) in [5.41, 5.74) is 14.4. The van der Waals surface area contributed by atoms with Crippen LogP contribution in [0, 0.1) is 10.1 Å². The topological polar surface area (TPSA) is 100 Å². The number of nitro benzene ring substituents is 1. The molecule has 8 bridgehead atoms. The van der Waals surface area contributed by atoms with Crippen molar-refractivity contribution in [3.8, 4) is 44.5 Å². The molecule has 0 amide bonds. The number of nitrogens with zero attached hydrogens (tertiary/aromatic N) is 3. The molecule has 7 heteroatoms. The van der Waals surface area contributed by atoms with E-state index in [9.17, 15) is 10.1 Å². The van der Waals surface area contributed by atoms with E-state index in [4.69, 9.17) is 9.97 Å². The predicted octanol–water partition coefficient (Wildman–Crippen LogP) is 15.8. The summed E-state index contributed by atoms with van der Waals surface area (Å²) in [5, 5.41) is 20.5. The zero-order valence-corrected chi connectivity index (χ0v) is 35.9. The number of nitrogens with one attached hydrogen (secondary N) is 2. The Balaban J connectivity index is 1.24. The Kier molecular flexibility index (Phi) is 8.69. The second-order valence-electron chi connectivity index (χ2n) is 17.0. The Hall–Kier alpha value is -9.20. The monoisotopic (exact) mass is 859 g/mol. The van der Waals surface area contributed by atoms with Gasteiger partial charge in [-0.2, -0.15) is 0 Å². The lowest BCUT2D eigenvalue weighted by molar-refractivity contribution is -0.383. The molecule has 0 unspecified atom stereocenters. The van der Waals surface area contributed by atoms with Crippen molar-refractivity contribution in [1.29, 1.82) is 0 Å². The molecule has 2 aliphatic rings. The van der Waals surface area contributed by atoms with Crippen LogP contribution in [0.2, 0.25) is 0 Å². The fourth-order valence-corrected chi connectivity index (χ4v) is 10.3. The van der Waals surface area contributed by atoms with Crippen molar-refractivity contribution in [2.24, 2.45) is 0 Å². The first-order valence-electron chi connectivity index (χ1n) is 22.3. The first kappa shape index (κ1) is 38.3. The van der Waals surface area contributed by atoms with Gasteiger partial charge in [0.1, 0.15) is 0 Å². The molecule has 2 N–H and O–H groups in total. The fraction of sp³-hybridized carbons (Fsp3) is 0. The van der Waals surface area contributed by atoms with Gasteiger partial charge in [-0.1, -0.05) is 146 Å². The van der Waals surface area contributed by atoms with Gasteiger partial charge in [0.15, 0.2) is 0 Å². The van der Waals surface area contributed by atoms with Gasteiger partial charge in [0.2, 0.25) is 0 Å². The molecule has 0 fully saturated rings. The highest BCUT2D eigenvalue weighted by atomic mass is 16.6. The number of benzene rings is 8. The van der Waals surface area contributed by atoms with Crippen molar-refractivity contribution in [2.75, 3.05) is 0 Å². The van der Waals surface area contributed by atoms with Crippen LogP contribution in [0.1, 0.15) is 22.8 Å². The van der Waals surface area contributed by atoms with Crippen LogP contribution in [0.25, 0.3) is 134 Å². The Bertz CT molecular complexity index is 4060. The summed E-state index contributed by atoms with van der Waals surface area (Å²) in [6.07, 6.45) is 8.44. The van der Waals surface area contributed by atoms with Gasteiger partial charge in [0.25, 0.3) is 5.69 Å².